The van der Waals surface area contributed by atoms with Gasteiger partial charge >= 0.3 is 5.97 Å². The Bertz CT molecular complexity index is 390. The van der Waals surface area contributed by atoms with Gasteiger partial charge in [0, 0.05) is 11.8 Å². The topological polar surface area (TPSA) is 68.7 Å². The van der Waals surface area contributed by atoms with Crippen molar-refractivity contribution < 1.29 is 23.8 Å². The second kappa shape index (κ2) is 3.92. The van der Waals surface area contributed by atoms with Crippen LogP contribution in [0.3, 0.4) is 0 Å². The lowest BCUT2D eigenvalue weighted by atomic mass is 10.2. The molecule has 0 unspecified atom stereocenters. The summed E-state index contributed by atoms with van der Waals surface area (Å²) in [6.07, 6.45) is 0.387. The Hall–Kier alpha value is -1.53. The summed E-state index contributed by atoms with van der Waals surface area (Å²) in [4.78, 5) is 14.0. The fraction of sp³-hybridized carbons (Fsp3) is 0.333. The highest BCUT2D eigenvalue weighted by atomic mass is 19.1. The minimum Gasteiger partial charge on any atom is -0.476 e. The van der Waals surface area contributed by atoms with E-state index in [1.54, 1.807) is 0 Å². The van der Waals surface area contributed by atoms with Crippen molar-refractivity contribution in [1.29, 1.82) is 0 Å². The highest BCUT2D eigenvalue weighted by Gasteiger charge is 2.25. The summed E-state index contributed by atoms with van der Waals surface area (Å²) in [6, 6.07) is 1.34. The molecule has 1 aromatic heterocycles. The van der Waals surface area contributed by atoms with Crippen molar-refractivity contribution in [2.24, 2.45) is 0 Å². The van der Waals surface area contributed by atoms with E-state index in [-0.39, 0.29) is 5.56 Å². The number of hydrogen-bond donors (Lipinski definition) is 1. The zero-order valence-corrected chi connectivity index (χ0v) is 7.64. The minimum atomic E-state index is -1.41. The summed E-state index contributed by atoms with van der Waals surface area (Å²) in [6.45, 7) is 0.740. The van der Waals surface area contributed by atoms with Crippen LogP contribution in [0.25, 0.3) is 0 Å². The van der Waals surface area contributed by atoms with Crippen molar-refractivity contribution in [3.63, 3.8) is 0 Å². The first kappa shape index (κ1) is 10.0. The Morgan fingerprint density at radius 3 is 2.80 bits per heavy atom. The molecule has 0 atom stereocenters. The second-order valence-corrected chi connectivity index (χ2v) is 2.94. The molecule has 0 spiro atoms. The van der Waals surface area contributed by atoms with Gasteiger partial charge in [0.15, 0.2) is 17.8 Å². The zero-order chi connectivity index (χ0) is 10.8. The van der Waals surface area contributed by atoms with Gasteiger partial charge in [-0.15, -0.1) is 0 Å². The van der Waals surface area contributed by atoms with Gasteiger partial charge in [0.25, 0.3) is 0 Å². The van der Waals surface area contributed by atoms with Crippen LogP contribution >= 0.6 is 0 Å². The molecule has 15 heavy (non-hydrogen) atoms. The molecule has 6 heteroatoms. The summed E-state index contributed by atoms with van der Waals surface area (Å²) >= 11 is 0. The molecule has 0 aliphatic carbocycles. The highest BCUT2D eigenvalue weighted by Crippen LogP contribution is 2.26. The molecule has 1 N–H and O–H groups in total. The van der Waals surface area contributed by atoms with E-state index in [4.69, 9.17) is 14.6 Å². The molecule has 5 nitrogen and oxygen atoms in total. The molecule has 2 rings (SSSR count). The number of hydrogen-bond acceptors (Lipinski definition) is 4. The third-order valence-electron chi connectivity index (χ3n) is 2.00. The number of aromatic carboxylic acids is 1. The zero-order valence-electron chi connectivity index (χ0n) is 7.64. The van der Waals surface area contributed by atoms with Crippen LogP contribution in [0.15, 0.2) is 12.3 Å². The van der Waals surface area contributed by atoms with Gasteiger partial charge in [0.2, 0.25) is 0 Å². The van der Waals surface area contributed by atoms with Crippen LogP contribution in [0.5, 0.6) is 0 Å². The Kier molecular flexibility index (Phi) is 2.61. The van der Waals surface area contributed by atoms with Crippen LogP contribution in [-0.4, -0.2) is 29.3 Å². The largest absolute Gasteiger partial charge is 0.476 e. The van der Waals surface area contributed by atoms with Crippen molar-refractivity contribution in [2.45, 2.75) is 6.29 Å². The summed E-state index contributed by atoms with van der Waals surface area (Å²) < 4.78 is 23.7. The van der Waals surface area contributed by atoms with Crippen molar-refractivity contribution in [1.82, 2.24) is 4.98 Å². The maximum absolute atomic E-state index is 13.6. The number of aromatic nitrogens is 1. The first-order valence-electron chi connectivity index (χ1n) is 4.31. The first-order chi connectivity index (χ1) is 7.20. The molecule has 0 radical (unpaired) electrons. The summed E-state index contributed by atoms with van der Waals surface area (Å²) in [7, 11) is 0. The molecular formula is C9H8FNO4. The number of halogens is 1. The third kappa shape index (κ3) is 1.81. The Morgan fingerprint density at radius 1 is 1.53 bits per heavy atom. The van der Waals surface area contributed by atoms with Crippen molar-refractivity contribution in [2.75, 3.05) is 13.2 Å². The number of carboxylic acids is 1. The van der Waals surface area contributed by atoms with Gasteiger partial charge in [0.05, 0.1) is 13.2 Å². The van der Waals surface area contributed by atoms with Crippen LogP contribution in [0.1, 0.15) is 22.3 Å². The van der Waals surface area contributed by atoms with Gasteiger partial charge in [-0.1, -0.05) is 0 Å². The van der Waals surface area contributed by atoms with E-state index in [9.17, 15) is 9.18 Å². The number of ether oxygens (including phenoxy) is 2. The maximum Gasteiger partial charge on any atom is 0.357 e. The van der Waals surface area contributed by atoms with Crippen LogP contribution in [-0.2, 0) is 9.47 Å². The standard InChI is InChI=1S/C9H8FNO4/c10-6-5(9-14-3-4-15-9)1-2-11-7(6)8(12)13/h1-2,9H,3-4H2,(H,12,13). The third-order valence-corrected chi connectivity index (χ3v) is 2.00. The highest BCUT2D eigenvalue weighted by molar-refractivity contribution is 5.85. The van der Waals surface area contributed by atoms with E-state index in [1.807, 2.05) is 0 Å². The Labute approximate surface area is 84.5 Å². The first-order valence-corrected chi connectivity index (χ1v) is 4.31. The Balaban J connectivity index is 2.39. The van der Waals surface area contributed by atoms with Gasteiger partial charge in [-0.25, -0.2) is 14.2 Å². The van der Waals surface area contributed by atoms with Crippen molar-refractivity contribution >= 4 is 5.97 Å². The molecule has 1 aliphatic heterocycles. The molecule has 1 fully saturated rings. The van der Waals surface area contributed by atoms with Gasteiger partial charge in [-0.05, 0) is 6.07 Å². The number of rotatable bonds is 2. The summed E-state index contributed by atoms with van der Waals surface area (Å²) in [5.41, 5.74) is -0.550. The van der Waals surface area contributed by atoms with Gasteiger partial charge in [0.1, 0.15) is 0 Å². The molecule has 1 aliphatic rings. The van der Waals surface area contributed by atoms with Crippen molar-refractivity contribution in [3.8, 4) is 0 Å². The number of carboxylic acid groups (broad SMARTS) is 1. The molecule has 0 aromatic carbocycles. The number of carbonyl (C=O) groups is 1. The number of pyridine rings is 1. The van der Waals surface area contributed by atoms with E-state index in [1.165, 1.54) is 12.3 Å². The van der Waals surface area contributed by atoms with Crippen LogP contribution in [0.4, 0.5) is 4.39 Å². The van der Waals surface area contributed by atoms with E-state index >= 15 is 0 Å². The Morgan fingerprint density at radius 2 is 2.20 bits per heavy atom. The average molecular weight is 213 g/mol. The number of nitrogens with zero attached hydrogens (tertiary/aromatic N) is 1. The SMILES string of the molecule is O=C(O)c1nccc(C2OCCO2)c1F. The predicted molar refractivity (Wildman–Crippen MR) is 45.8 cm³/mol. The summed E-state index contributed by atoms with van der Waals surface area (Å²) in [5.74, 6) is -2.32. The average Bonchev–Trinajstić information content (AvgIpc) is 2.70. The van der Waals surface area contributed by atoms with Gasteiger partial charge < -0.3 is 14.6 Å². The van der Waals surface area contributed by atoms with Gasteiger partial charge in [-0.3, -0.25) is 0 Å². The molecule has 0 saturated carbocycles. The van der Waals surface area contributed by atoms with E-state index < -0.39 is 23.8 Å². The molecule has 1 saturated heterocycles. The van der Waals surface area contributed by atoms with Crippen LogP contribution < -0.4 is 0 Å². The minimum absolute atomic E-state index is 0.0694. The molecule has 2 heterocycles. The lowest BCUT2D eigenvalue weighted by molar-refractivity contribution is -0.0466. The normalized spacial score (nSPS) is 16.9. The van der Waals surface area contributed by atoms with Crippen molar-refractivity contribution in [3.05, 3.63) is 29.3 Å². The lowest BCUT2D eigenvalue weighted by Gasteiger charge is -2.10. The fourth-order valence-electron chi connectivity index (χ4n) is 1.33. The van der Waals surface area contributed by atoms with E-state index in [0.29, 0.717) is 13.2 Å². The van der Waals surface area contributed by atoms with Gasteiger partial charge in [-0.2, -0.15) is 0 Å². The molecule has 80 valence electrons. The molecule has 0 amide bonds. The predicted octanol–water partition coefficient (Wildman–Crippen LogP) is 0.964. The quantitative estimate of drug-likeness (QED) is 0.792. The van der Waals surface area contributed by atoms with Crippen LogP contribution in [0, 0.1) is 5.82 Å². The van der Waals surface area contributed by atoms with Crippen LogP contribution in [0.2, 0.25) is 0 Å². The monoisotopic (exact) mass is 213 g/mol. The maximum atomic E-state index is 13.6. The summed E-state index contributed by atoms with van der Waals surface area (Å²) in [5, 5.41) is 8.65. The second-order valence-electron chi connectivity index (χ2n) is 2.94. The lowest BCUT2D eigenvalue weighted by Crippen LogP contribution is -2.10. The molecular weight excluding hydrogens is 205 g/mol. The molecule has 0 bridgehead atoms. The van der Waals surface area contributed by atoms with E-state index in [0.717, 1.165) is 0 Å². The fourth-order valence-corrected chi connectivity index (χ4v) is 1.33. The van der Waals surface area contributed by atoms with E-state index in [2.05, 4.69) is 4.98 Å². The molecule has 1 aromatic rings. The smallest absolute Gasteiger partial charge is 0.357 e.